The third-order valence-electron chi connectivity index (χ3n) is 1.79. The van der Waals surface area contributed by atoms with Gasteiger partial charge in [0.05, 0.1) is 0 Å². The van der Waals surface area contributed by atoms with Crippen LogP contribution in [-0.4, -0.2) is 0 Å². The summed E-state index contributed by atoms with van der Waals surface area (Å²) in [7, 11) is 0. The van der Waals surface area contributed by atoms with Crippen molar-refractivity contribution < 1.29 is 14.2 Å². The summed E-state index contributed by atoms with van der Waals surface area (Å²) in [6.07, 6.45) is 0. The zero-order valence-corrected chi connectivity index (χ0v) is 7.89. The molecule has 0 aliphatic heterocycles. The molecular weight excluding hydrogens is 195 g/mol. The van der Waals surface area contributed by atoms with Crippen molar-refractivity contribution in [3.8, 4) is 11.5 Å². The molecule has 15 heavy (non-hydrogen) atoms. The van der Waals surface area contributed by atoms with Crippen molar-refractivity contribution in [1.82, 2.24) is 0 Å². The monoisotopic (exact) mass is 204 g/mol. The summed E-state index contributed by atoms with van der Waals surface area (Å²) >= 11 is 0. The second-order valence-corrected chi connectivity index (χ2v) is 2.93. The second-order valence-electron chi connectivity index (χ2n) is 2.93. The van der Waals surface area contributed by atoms with E-state index in [1.807, 2.05) is 18.2 Å². The largest absolute Gasteiger partial charge is 0.290 e. The first-order chi connectivity index (χ1) is 7.34. The van der Waals surface area contributed by atoms with Gasteiger partial charge < -0.3 is 0 Å². The van der Waals surface area contributed by atoms with Gasteiger partial charge in [0.1, 0.15) is 5.82 Å². The van der Waals surface area contributed by atoms with Crippen LogP contribution < -0.4 is 9.78 Å². The Morgan fingerprint density at radius 2 is 1.20 bits per heavy atom. The topological polar surface area (TPSA) is 18.5 Å². The van der Waals surface area contributed by atoms with Crippen molar-refractivity contribution in [2.45, 2.75) is 0 Å². The highest BCUT2D eigenvalue weighted by atomic mass is 19.1. The number of para-hydroxylation sites is 1. The zero-order valence-electron chi connectivity index (χ0n) is 7.89. The minimum Gasteiger partial charge on any atom is -0.290 e. The zero-order chi connectivity index (χ0) is 10.5. The van der Waals surface area contributed by atoms with Gasteiger partial charge in [0, 0.05) is 0 Å². The van der Waals surface area contributed by atoms with E-state index in [1.165, 1.54) is 24.3 Å². The molecule has 0 saturated carbocycles. The Morgan fingerprint density at radius 1 is 0.667 bits per heavy atom. The highest BCUT2D eigenvalue weighted by Gasteiger charge is 1.96. The maximum atomic E-state index is 12.6. The minimum atomic E-state index is -0.304. The van der Waals surface area contributed by atoms with E-state index < -0.39 is 0 Å². The van der Waals surface area contributed by atoms with Crippen molar-refractivity contribution in [3.63, 3.8) is 0 Å². The smallest absolute Gasteiger partial charge is 0.178 e. The highest BCUT2D eigenvalue weighted by Crippen LogP contribution is 2.14. The molecule has 0 spiro atoms. The van der Waals surface area contributed by atoms with Crippen molar-refractivity contribution in [1.29, 1.82) is 0 Å². The van der Waals surface area contributed by atoms with Crippen LogP contribution in [0.4, 0.5) is 4.39 Å². The van der Waals surface area contributed by atoms with Gasteiger partial charge in [-0.1, -0.05) is 18.2 Å². The number of hydrogen-bond acceptors (Lipinski definition) is 2. The molecule has 2 aromatic rings. The molecule has 3 heteroatoms. The van der Waals surface area contributed by atoms with Crippen molar-refractivity contribution in [3.05, 3.63) is 60.4 Å². The van der Waals surface area contributed by atoms with Gasteiger partial charge >= 0.3 is 0 Å². The number of hydrogen-bond donors (Lipinski definition) is 0. The predicted molar refractivity (Wildman–Crippen MR) is 54.1 cm³/mol. The Hall–Kier alpha value is -2.03. The molecule has 0 N–H and O–H groups in total. The van der Waals surface area contributed by atoms with Gasteiger partial charge in [0.2, 0.25) is 0 Å². The van der Waals surface area contributed by atoms with Gasteiger partial charge in [-0.05, 0) is 36.4 Å². The van der Waals surface area contributed by atoms with Crippen LogP contribution in [0.25, 0.3) is 0 Å². The first kappa shape index (κ1) is 9.52. The van der Waals surface area contributed by atoms with Crippen LogP contribution in [0, 0.1) is 5.82 Å². The summed E-state index contributed by atoms with van der Waals surface area (Å²) in [5.74, 6) is 0.754. The molecule has 0 bridgehead atoms. The summed E-state index contributed by atoms with van der Waals surface area (Å²) in [6.45, 7) is 0. The van der Waals surface area contributed by atoms with Crippen LogP contribution in [0.3, 0.4) is 0 Å². The fourth-order valence-electron chi connectivity index (χ4n) is 1.06. The Bertz CT molecular complexity index is 411. The summed E-state index contributed by atoms with van der Waals surface area (Å²) in [5.41, 5.74) is 0. The second kappa shape index (κ2) is 4.46. The Kier molecular flexibility index (Phi) is 2.83. The van der Waals surface area contributed by atoms with Crippen LogP contribution in [0.2, 0.25) is 0 Å². The van der Waals surface area contributed by atoms with Crippen LogP contribution in [0.5, 0.6) is 11.5 Å². The molecule has 0 aliphatic carbocycles. The molecule has 0 radical (unpaired) electrons. The standard InChI is InChI=1S/C12H9FO2/c13-10-6-8-12(9-7-10)15-14-11-4-2-1-3-5-11/h1-9H. The summed E-state index contributed by atoms with van der Waals surface area (Å²) in [6, 6.07) is 14.7. The maximum absolute atomic E-state index is 12.6. The quantitative estimate of drug-likeness (QED) is 0.564. The van der Waals surface area contributed by atoms with E-state index in [0.717, 1.165) is 0 Å². The van der Waals surface area contributed by atoms with Crippen molar-refractivity contribution in [2.24, 2.45) is 0 Å². The van der Waals surface area contributed by atoms with Gasteiger partial charge in [-0.3, -0.25) is 9.78 Å². The molecule has 0 fully saturated rings. The van der Waals surface area contributed by atoms with Gasteiger partial charge in [-0.15, -0.1) is 0 Å². The van der Waals surface area contributed by atoms with Gasteiger partial charge in [-0.25, -0.2) is 4.39 Å². The molecule has 2 nitrogen and oxygen atoms in total. The molecule has 76 valence electrons. The lowest BCUT2D eigenvalue weighted by molar-refractivity contribution is -0.0999. The van der Waals surface area contributed by atoms with E-state index in [1.54, 1.807) is 12.1 Å². The molecule has 2 rings (SSSR count). The fourth-order valence-corrected chi connectivity index (χ4v) is 1.06. The van der Waals surface area contributed by atoms with E-state index >= 15 is 0 Å². The van der Waals surface area contributed by atoms with E-state index in [9.17, 15) is 4.39 Å². The van der Waals surface area contributed by atoms with Crippen molar-refractivity contribution >= 4 is 0 Å². The highest BCUT2D eigenvalue weighted by molar-refractivity contribution is 5.23. The maximum Gasteiger partial charge on any atom is 0.178 e. The molecular formula is C12H9FO2. The average Bonchev–Trinajstić information content (AvgIpc) is 2.30. The lowest BCUT2D eigenvalue weighted by Crippen LogP contribution is -1.99. The molecule has 0 unspecified atom stereocenters. The Balaban J connectivity index is 1.96. The number of rotatable bonds is 3. The third-order valence-corrected chi connectivity index (χ3v) is 1.79. The third kappa shape index (κ3) is 2.71. The summed E-state index contributed by atoms with van der Waals surface area (Å²) < 4.78 is 12.6. The van der Waals surface area contributed by atoms with Crippen LogP contribution >= 0.6 is 0 Å². The van der Waals surface area contributed by atoms with Crippen LogP contribution in [0.15, 0.2) is 54.6 Å². The molecule has 2 aromatic carbocycles. The summed E-state index contributed by atoms with van der Waals surface area (Å²) in [5, 5.41) is 0. The molecule has 0 heterocycles. The van der Waals surface area contributed by atoms with Gasteiger partial charge in [0.15, 0.2) is 11.5 Å². The number of benzene rings is 2. The predicted octanol–water partition coefficient (Wildman–Crippen LogP) is 3.20. The Labute approximate surface area is 86.8 Å². The number of halogens is 1. The average molecular weight is 204 g/mol. The van der Waals surface area contributed by atoms with E-state index in [4.69, 9.17) is 9.78 Å². The van der Waals surface area contributed by atoms with Crippen molar-refractivity contribution in [2.75, 3.05) is 0 Å². The van der Waals surface area contributed by atoms with E-state index in [-0.39, 0.29) is 5.82 Å². The first-order valence-electron chi connectivity index (χ1n) is 4.50. The summed E-state index contributed by atoms with van der Waals surface area (Å²) in [4.78, 5) is 9.99. The molecule has 0 aromatic heterocycles. The SMILES string of the molecule is Fc1ccc(OOc2ccccc2)cc1. The molecule has 0 amide bonds. The van der Waals surface area contributed by atoms with E-state index in [2.05, 4.69) is 0 Å². The fraction of sp³-hybridized carbons (Fsp3) is 0. The van der Waals surface area contributed by atoms with Crippen LogP contribution in [0.1, 0.15) is 0 Å². The molecule has 0 saturated heterocycles. The van der Waals surface area contributed by atoms with Crippen LogP contribution in [-0.2, 0) is 0 Å². The normalized spacial score (nSPS) is 9.67. The van der Waals surface area contributed by atoms with Gasteiger partial charge in [-0.2, -0.15) is 0 Å². The first-order valence-corrected chi connectivity index (χ1v) is 4.50. The van der Waals surface area contributed by atoms with Gasteiger partial charge in [0.25, 0.3) is 0 Å². The lowest BCUT2D eigenvalue weighted by atomic mass is 10.3. The van der Waals surface area contributed by atoms with E-state index in [0.29, 0.717) is 11.5 Å². The molecule has 0 aliphatic rings. The lowest BCUT2D eigenvalue weighted by Gasteiger charge is -2.04. The molecule has 0 atom stereocenters. The Morgan fingerprint density at radius 3 is 1.80 bits per heavy atom. The minimum absolute atomic E-state index is 0.304.